The molecule has 0 bridgehead atoms. The summed E-state index contributed by atoms with van der Waals surface area (Å²) in [6.07, 6.45) is 0.00898. The van der Waals surface area contributed by atoms with Crippen LogP contribution in [0.2, 0.25) is 0 Å². The summed E-state index contributed by atoms with van der Waals surface area (Å²) in [6.45, 7) is 1.24. The molecule has 78 valence electrons. The zero-order valence-electron chi connectivity index (χ0n) is 7.60. The van der Waals surface area contributed by atoms with Gasteiger partial charge in [-0.15, -0.1) is 0 Å². The van der Waals surface area contributed by atoms with Gasteiger partial charge in [-0.25, -0.2) is 0 Å². The lowest BCUT2D eigenvalue weighted by atomic mass is 10.0. The minimum atomic E-state index is -0.581. The third-order valence-electron chi connectivity index (χ3n) is 2.53. The Labute approximate surface area is 85.8 Å². The Kier molecular flexibility index (Phi) is 2.76. The molecular weight excluding hydrogens is 204 g/mol. The van der Waals surface area contributed by atoms with E-state index in [9.17, 15) is 14.7 Å². The van der Waals surface area contributed by atoms with Crippen LogP contribution >= 0.6 is 11.8 Å². The number of carbonyl (C=O) groups excluding carboxylic acids is 2. The molecule has 0 aliphatic carbocycles. The standard InChI is InChI=1S/C8H12N2O3S/c11-6-1-2-9-3-5(6)10-7(12)4-14-8(10)13/h5-6,9,11H,1-4H2. The summed E-state index contributed by atoms with van der Waals surface area (Å²) in [6, 6.07) is -0.376. The van der Waals surface area contributed by atoms with Crippen LogP contribution in [0.5, 0.6) is 0 Å². The van der Waals surface area contributed by atoms with Crippen LogP contribution in [0, 0.1) is 0 Å². The highest BCUT2D eigenvalue weighted by Crippen LogP contribution is 2.24. The summed E-state index contributed by atoms with van der Waals surface area (Å²) in [7, 11) is 0. The summed E-state index contributed by atoms with van der Waals surface area (Å²) in [5.41, 5.74) is 0. The second-order valence-corrected chi connectivity index (χ2v) is 4.37. The van der Waals surface area contributed by atoms with Crippen LogP contribution in [0.15, 0.2) is 0 Å². The van der Waals surface area contributed by atoms with E-state index in [1.165, 1.54) is 4.90 Å². The summed E-state index contributed by atoms with van der Waals surface area (Å²) < 4.78 is 0. The first kappa shape index (κ1) is 9.95. The topological polar surface area (TPSA) is 69.6 Å². The number of hydrogen-bond acceptors (Lipinski definition) is 5. The Balaban J connectivity index is 2.12. The van der Waals surface area contributed by atoms with Crippen molar-refractivity contribution in [2.45, 2.75) is 18.6 Å². The number of aliphatic hydroxyl groups is 1. The maximum Gasteiger partial charge on any atom is 0.289 e. The monoisotopic (exact) mass is 216 g/mol. The quantitative estimate of drug-likeness (QED) is 0.613. The van der Waals surface area contributed by atoms with Gasteiger partial charge in [-0.1, -0.05) is 11.8 Å². The van der Waals surface area contributed by atoms with Gasteiger partial charge in [0, 0.05) is 6.54 Å². The Hall–Kier alpha value is -0.590. The minimum absolute atomic E-state index is 0.187. The van der Waals surface area contributed by atoms with E-state index in [-0.39, 0.29) is 22.9 Å². The summed E-state index contributed by atoms with van der Waals surface area (Å²) in [5.74, 6) is 0.0231. The van der Waals surface area contributed by atoms with Crippen molar-refractivity contribution in [3.8, 4) is 0 Å². The minimum Gasteiger partial charge on any atom is -0.391 e. The number of imide groups is 1. The highest BCUT2D eigenvalue weighted by atomic mass is 32.2. The first-order chi connectivity index (χ1) is 6.70. The summed E-state index contributed by atoms with van der Waals surface area (Å²) in [5, 5.41) is 12.5. The smallest absolute Gasteiger partial charge is 0.289 e. The molecule has 2 atom stereocenters. The first-order valence-electron chi connectivity index (χ1n) is 4.58. The van der Waals surface area contributed by atoms with Gasteiger partial charge in [-0.2, -0.15) is 0 Å². The van der Waals surface area contributed by atoms with Crippen LogP contribution in [0.25, 0.3) is 0 Å². The van der Waals surface area contributed by atoms with E-state index in [1.807, 2.05) is 0 Å². The molecule has 2 unspecified atom stereocenters. The van der Waals surface area contributed by atoms with E-state index in [1.54, 1.807) is 0 Å². The number of hydrogen-bond donors (Lipinski definition) is 2. The molecule has 2 rings (SSSR count). The van der Waals surface area contributed by atoms with Gasteiger partial charge in [0.2, 0.25) is 5.91 Å². The molecule has 5 nitrogen and oxygen atoms in total. The molecular formula is C8H12N2O3S. The molecule has 2 N–H and O–H groups in total. The normalized spacial score (nSPS) is 33.9. The first-order valence-corrected chi connectivity index (χ1v) is 5.56. The maximum absolute atomic E-state index is 11.4. The van der Waals surface area contributed by atoms with E-state index in [0.29, 0.717) is 13.0 Å². The second-order valence-electron chi connectivity index (χ2n) is 3.45. The average Bonchev–Trinajstić information content (AvgIpc) is 2.48. The number of nitrogens with one attached hydrogen (secondary N) is 1. The Morgan fingerprint density at radius 1 is 1.50 bits per heavy atom. The van der Waals surface area contributed by atoms with Crippen LogP contribution in [0.3, 0.4) is 0 Å². The van der Waals surface area contributed by atoms with E-state index in [4.69, 9.17) is 0 Å². The molecule has 0 aromatic carbocycles. The molecule has 6 heteroatoms. The number of rotatable bonds is 1. The van der Waals surface area contributed by atoms with Crippen LogP contribution in [-0.4, -0.2) is 52.1 Å². The van der Waals surface area contributed by atoms with Crippen molar-refractivity contribution in [3.63, 3.8) is 0 Å². The van der Waals surface area contributed by atoms with Gasteiger partial charge in [-0.3, -0.25) is 14.5 Å². The van der Waals surface area contributed by atoms with Crippen molar-refractivity contribution in [2.24, 2.45) is 0 Å². The largest absolute Gasteiger partial charge is 0.391 e. The molecule has 0 aromatic rings. The molecule has 14 heavy (non-hydrogen) atoms. The van der Waals surface area contributed by atoms with Crippen molar-refractivity contribution < 1.29 is 14.7 Å². The van der Waals surface area contributed by atoms with Crippen molar-refractivity contribution in [1.82, 2.24) is 10.2 Å². The molecule has 2 aliphatic rings. The number of carbonyl (C=O) groups is 2. The molecule has 2 aliphatic heterocycles. The number of aliphatic hydroxyl groups excluding tert-OH is 1. The van der Waals surface area contributed by atoms with Crippen LogP contribution in [0.4, 0.5) is 4.79 Å². The number of piperidine rings is 1. The zero-order chi connectivity index (χ0) is 10.1. The lowest BCUT2D eigenvalue weighted by molar-refractivity contribution is -0.128. The average molecular weight is 216 g/mol. The molecule has 2 amide bonds. The van der Waals surface area contributed by atoms with Crippen molar-refractivity contribution in [1.29, 1.82) is 0 Å². The Bertz CT molecular complexity index is 255. The Morgan fingerprint density at radius 2 is 2.29 bits per heavy atom. The fourth-order valence-electron chi connectivity index (χ4n) is 1.78. The highest BCUT2D eigenvalue weighted by Gasteiger charge is 2.39. The molecule has 0 radical (unpaired) electrons. The molecule has 0 aromatic heterocycles. The molecule has 2 fully saturated rings. The third kappa shape index (κ3) is 1.65. The highest BCUT2D eigenvalue weighted by molar-refractivity contribution is 8.14. The van der Waals surface area contributed by atoms with E-state index < -0.39 is 6.10 Å². The number of amides is 2. The summed E-state index contributed by atoms with van der Waals surface area (Å²) in [4.78, 5) is 23.9. The SMILES string of the molecule is O=C1CSC(=O)N1C1CNCCC1O. The molecule has 0 saturated carbocycles. The molecule has 2 saturated heterocycles. The second kappa shape index (κ2) is 3.88. The van der Waals surface area contributed by atoms with Crippen molar-refractivity contribution in [3.05, 3.63) is 0 Å². The van der Waals surface area contributed by atoms with Crippen LogP contribution < -0.4 is 5.32 Å². The predicted octanol–water partition coefficient (Wildman–Crippen LogP) is -0.595. The van der Waals surface area contributed by atoms with Gasteiger partial charge in [-0.05, 0) is 13.0 Å². The summed E-state index contributed by atoms with van der Waals surface area (Å²) >= 11 is 1.01. The van der Waals surface area contributed by atoms with Crippen molar-refractivity contribution in [2.75, 3.05) is 18.8 Å². The maximum atomic E-state index is 11.4. The molecule has 2 heterocycles. The lowest BCUT2D eigenvalue weighted by Crippen LogP contribution is -2.55. The van der Waals surface area contributed by atoms with Gasteiger partial charge < -0.3 is 10.4 Å². The van der Waals surface area contributed by atoms with Gasteiger partial charge in [0.05, 0.1) is 17.9 Å². The fraction of sp³-hybridized carbons (Fsp3) is 0.750. The zero-order valence-corrected chi connectivity index (χ0v) is 8.42. The predicted molar refractivity (Wildman–Crippen MR) is 52.0 cm³/mol. The van der Waals surface area contributed by atoms with E-state index >= 15 is 0 Å². The lowest BCUT2D eigenvalue weighted by Gasteiger charge is -2.33. The van der Waals surface area contributed by atoms with Gasteiger partial charge in [0.25, 0.3) is 5.24 Å². The van der Waals surface area contributed by atoms with Gasteiger partial charge in [0.15, 0.2) is 0 Å². The third-order valence-corrected chi connectivity index (χ3v) is 3.37. The van der Waals surface area contributed by atoms with E-state index in [0.717, 1.165) is 18.3 Å². The Morgan fingerprint density at radius 3 is 2.86 bits per heavy atom. The van der Waals surface area contributed by atoms with Gasteiger partial charge in [0.1, 0.15) is 0 Å². The number of nitrogens with zero attached hydrogens (tertiary/aromatic N) is 1. The van der Waals surface area contributed by atoms with Gasteiger partial charge >= 0.3 is 0 Å². The van der Waals surface area contributed by atoms with Crippen molar-refractivity contribution >= 4 is 22.9 Å². The fourth-order valence-corrected chi connectivity index (χ4v) is 2.54. The van der Waals surface area contributed by atoms with E-state index in [2.05, 4.69) is 5.32 Å². The van der Waals surface area contributed by atoms with Crippen LogP contribution in [-0.2, 0) is 4.79 Å². The molecule has 0 spiro atoms. The number of thioether (sulfide) groups is 1. The van der Waals surface area contributed by atoms with Crippen LogP contribution in [0.1, 0.15) is 6.42 Å².